The molecule has 0 atom stereocenters. The molecule has 0 saturated heterocycles. The van der Waals surface area contributed by atoms with Gasteiger partial charge in [0.15, 0.2) is 0 Å². The summed E-state index contributed by atoms with van der Waals surface area (Å²) in [6.07, 6.45) is 0.211. The fraction of sp³-hybridized carbons (Fsp3) is 0.227. The predicted octanol–water partition coefficient (Wildman–Crippen LogP) is 6.24. The number of nitrogens with zero attached hydrogens (tertiary/aromatic N) is 1. The molecule has 0 fully saturated rings. The molecule has 2 nitrogen and oxygen atoms in total. The van der Waals surface area contributed by atoms with Gasteiger partial charge in [-0.1, -0.05) is 51.1 Å². The Balaban J connectivity index is 1.93. The van der Waals surface area contributed by atoms with Crippen LogP contribution in [0, 0.1) is 5.41 Å². The number of furan rings is 1. The van der Waals surface area contributed by atoms with Gasteiger partial charge >= 0.3 is 0 Å². The summed E-state index contributed by atoms with van der Waals surface area (Å²) in [5.41, 5.74) is 3.34. The standard InChI is InChI=1S/C22H21NO/c1-22(2,3)14-15-11-12-23-19(13-15)18-9-6-8-17-16-7-4-5-10-20(16)24-21(17)18/h4-13H,14H2,1-3H3/i14D2. The Morgan fingerprint density at radius 2 is 1.79 bits per heavy atom. The number of para-hydroxylation sites is 2. The Hall–Kier alpha value is -2.61. The average Bonchev–Trinajstić information content (AvgIpc) is 2.99. The van der Waals surface area contributed by atoms with Crippen molar-refractivity contribution in [1.82, 2.24) is 4.98 Å². The molecule has 0 aliphatic rings. The van der Waals surface area contributed by atoms with Gasteiger partial charge in [0.1, 0.15) is 11.2 Å². The van der Waals surface area contributed by atoms with Crippen molar-refractivity contribution < 1.29 is 7.16 Å². The summed E-state index contributed by atoms with van der Waals surface area (Å²) in [7, 11) is 0. The van der Waals surface area contributed by atoms with E-state index in [2.05, 4.69) is 4.98 Å². The number of hydrogen-bond donors (Lipinski definition) is 0. The first kappa shape index (κ1) is 12.8. The van der Waals surface area contributed by atoms with E-state index in [1.54, 1.807) is 12.3 Å². The molecule has 120 valence electrons. The molecular formula is C22H21NO. The minimum atomic E-state index is -1.47. The zero-order chi connectivity index (χ0) is 18.5. The second-order valence-electron chi connectivity index (χ2n) is 7.09. The average molecular weight is 317 g/mol. The third-order valence-electron chi connectivity index (χ3n) is 3.96. The molecule has 2 aromatic carbocycles. The third kappa shape index (κ3) is 2.69. The van der Waals surface area contributed by atoms with E-state index >= 15 is 0 Å². The van der Waals surface area contributed by atoms with Crippen LogP contribution in [-0.2, 0) is 6.37 Å². The molecule has 0 saturated carbocycles. The predicted molar refractivity (Wildman–Crippen MR) is 100 cm³/mol. The van der Waals surface area contributed by atoms with Crippen LogP contribution in [0.15, 0.2) is 65.2 Å². The zero-order valence-corrected chi connectivity index (χ0v) is 14.1. The molecule has 2 heteroatoms. The van der Waals surface area contributed by atoms with Gasteiger partial charge in [-0.3, -0.25) is 4.98 Å². The minimum Gasteiger partial charge on any atom is -0.455 e. The van der Waals surface area contributed by atoms with Gasteiger partial charge in [0.2, 0.25) is 0 Å². The highest BCUT2D eigenvalue weighted by Gasteiger charge is 2.15. The van der Waals surface area contributed by atoms with Crippen molar-refractivity contribution in [2.45, 2.75) is 27.1 Å². The fourth-order valence-electron chi connectivity index (χ4n) is 3.04. The Morgan fingerprint density at radius 3 is 2.62 bits per heavy atom. The van der Waals surface area contributed by atoms with Gasteiger partial charge < -0.3 is 4.42 Å². The van der Waals surface area contributed by atoms with Crippen molar-refractivity contribution in [3.8, 4) is 11.3 Å². The number of fused-ring (bicyclic) bond motifs is 3. The topological polar surface area (TPSA) is 26.0 Å². The first-order valence-electron chi connectivity index (χ1n) is 9.16. The van der Waals surface area contributed by atoms with Crippen LogP contribution in [-0.4, -0.2) is 4.98 Å². The number of pyridine rings is 1. The quantitative estimate of drug-likeness (QED) is 0.437. The highest BCUT2D eigenvalue weighted by molar-refractivity contribution is 6.09. The van der Waals surface area contributed by atoms with Crippen molar-refractivity contribution in [3.63, 3.8) is 0 Å². The van der Waals surface area contributed by atoms with Gasteiger partial charge in [0, 0.05) is 25.3 Å². The number of benzene rings is 2. The molecule has 0 aliphatic heterocycles. The lowest BCUT2D eigenvalue weighted by Gasteiger charge is -2.18. The SMILES string of the molecule is [2H]C([2H])(c1ccnc(-c2cccc3c2oc2ccccc23)c1)C(C)(C)C. The van der Waals surface area contributed by atoms with E-state index in [0.29, 0.717) is 5.56 Å². The molecule has 0 amide bonds. The highest BCUT2D eigenvalue weighted by atomic mass is 16.3. The van der Waals surface area contributed by atoms with E-state index in [0.717, 1.165) is 33.2 Å². The van der Waals surface area contributed by atoms with Crippen LogP contribution in [0.2, 0.25) is 0 Å². The summed E-state index contributed by atoms with van der Waals surface area (Å²) in [5.74, 6) is 0. The zero-order valence-electron chi connectivity index (χ0n) is 16.1. The second kappa shape index (κ2) is 5.48. The first-order valence-corrected chi connectivity index (χ1v) is 8.16. The molecule has 0 bridgehead atoms. The summed E-state index contributed by atoms with van der Waals surface area (Å²) >= 11 is 0. The maximum absolute atomic E-state index is 8.54. The summed E-state index contributed by atoms with van der Waals surface area (Å²) in [6.45, 7) is 5.73. The van der Waals surface area contributed by atoms with Crippen LogP contribution in [0.3, 0.4) is 0 Å². The van der Waals surface area contributed by atoms with Gasteiger partial charge in [-0.2, -0.15) is 0 Å². The van der Waals surface area contributed by atoms with Crippen LogP contribution in [0.5, 0.6) is 0 Å². The lowest BCUT2D eigenvalue weighted by atomic mass is 9.88. The monoisotopic (exact) mass is 317 g/mol. The molecule has 2 aromatic heterocycles. The molecule has 0 radical (unpaired) electrons. The second-order valence-corrected chi connectivity index (χ2v) is 7.09. The summed E-state index contributed by atoms with van der Waals surface area (Å²) in [4.78, 5) is 4.50. The fourth-order valence-corrected chi connectivity index (χ4v) is 3.04. The van der Waals surface area contributed by atoms with Crippen molar-refractivity contribution in [2.75, 3.05) is 0 Å². The van der Waals surface area contributed by atoms with Crippen LogP contribution >= 0.6 is 0 Å². The van der Waals surface area contributed by atoms with E-state index < -0.39 is 11.8 Å². The Labute approximate surface area is 145 Å². The first-order chi connectivity index (χ1) is 12.3. The number of hydrogen-bond acceptors (Lipinski definition) is 2. The lowest BCUT2D eigenvalue weighted by molar-refractivity contribution is 0.411. The molecule has 4 aromatic rings. The van der Waals surface area contributed by atoms with E-state index in [4.69, 9.17) is 7.16 Å². The molecule has 2 heterocycles. The Morgan fingerprint density at radius 1 is 1.00 bits per heavy atom. The summed E-state index contributed by atoms with van der Waals surface area (Å²) < 4.78 is 23.2. The Bertz CT molecular complexity index is 1110. The van der Waals surface area contributed by atoms with Crippen LogP contribution < -0.4 is 0 Å². The van der Waals surface area contributed by atoms with Crippen molar-refractivity contribution >= 4 is 21.9 Å². The lowest BCUT2D eigenvalue weighted by Crippen LogP contribution is -2.09. The molecule has 24 heavy (non-hydrogen) atoms. The van der Waals surface area contributed by atoms with Gasteiger partial charge in [0.25, 0.3) is 0 Å². The van der Waals surface area contributed by atoms with Crippen molar-refractivity contribution in [1.29, 1.82) is 0 Å². The smallest absolute Gasteiger partial charge is 0.144 e. The highest BCUT2D eigenvalue weighted by Crippen LogP contribution is 2.35. The summed E-state index contributed by atoms with van der Waals surface area (Å²) in [5, 5.41) is 2.12. The van der Waals surface area contributed by atoms with Gasteiger partial charge in [-0.05, 0) is 41.6 Å². The molecular weight excluding hydrogens is 294 g/mol. The van der Waals surface area contributed by atoms with Crippen LogP contribution in [0.1, 0.15) is 29.1 Å². The van der Waals surface area contributed by atoms with Crippen LogP contribution in [0.4, 0.5) is 0 Å². The normalized spacial score (nSPS) is 14.0. The van der Waals surface area contributed by atoms with Gasteiger partial charge in [0.05, 0.1) is 5.69 Å². The van der Waals surface area contributed by atoms with Crippen molar-refractivity contribution in [2.24, 2.45) is 5.41 Å². The molecule has 0 spiro atoms. The maximum atomic E-state index is 8.54. The largest absolute Gasteiger partial charge is 0.455 e. The molecule has 4 rings (SSSR count). The molecule has 0 unspecified atom stereocenters. The van der Waals surface area contributed by atoms with E-state index in [9.17, 15) is 0 Å². The Kier molecular flexibility index (Phi) is 2.92. The minimum absolute atomic E-state index is 0.517. The number of rotatable bonds is 2. The van der Waals surface area contributed by atoms with E-state index in [-0.39, 0.29) is 0 Å². The van der Waals surface area contributed by atoms with E-state index in [1.807, 2.05) is 69.3 Å². The number of aromatic nitrogens is 1. The third-order valence-corrected chi connectivity index (χ3v) is 3.96. The maximum Gasteiger partial charge on any atom is 0.144 e. The summed E-state index contributed by atoms with van der Waals surface area (Å²) in [6, 6.07) is 17.6. The van der Waals surface area contributed by atoms with Crippen molar-refractivity contribution in [3.05, 3.63) is 66.4 Å². The van der Waals surface area contributed by atoms with Gasteiger partial charge in [-0.15, -0.1) is 0 Å². The molecule has 0 aliphatic carbocycles. The van der Waals surface area contributed by atoms with Crippen LogP contribution in [0.25, 0.3) is 33.2 Å². The van der Waals surface area contributed by atoms with E-state index in [1.165, 1.54) is 0 Å². The molecule has 0 N–H and O–H groups in total. The van der Waals surface area contributed by atoms with Gasteiger partial charge in [-0.25, -0.2) is 0 Å².